The van der Waals surface area contributed by atoms with Crippen molar-refractivity contribution in [2.24, 2.45) is 0 Å². The molecule has 7 heteroatoms. The van der Waals surface area contributed by atoms with E-state index in [9.17, 15) is 17.6 Å². The van der Waals surface area contributed by atoms with Gasteiger partial charge in [0.1, 0.15) is 5.82 Å². The number of likely N-dealkylation sites (tertiary alicyclic amines) is 1. The fraction of sp³-hybridized carbons (Fsp3) is 0.667. The number of benzene rings is 1. The topological polar surface area (TPSA) is 9.72 Å². The van der Waals surface area contributed by atoms with E-state index >= 15 is 0 Å². The van der Waals surface area contributed by atoms with Gasteiger partial charge in [0.25, 0.3) is 0 Å². The number of halogens is 4. The van der Waals surface area contributed by atoms with Crippen LogP contribution >= 0.6 is 0 Å². The van der Waals surface area contributed by atoms with E-state index in [0.717, 1.165) is 45.1 Å². The Bertz CT molecular complexity index is 552. The second-order valence-corrected chi connectivity index (χ2v) is 7.10. The number of piperidine rings is 1. The first-order valence-corrected chi connectivity index (χ1v) is 8.59. The van der Waals surface area contributed by atoms with Crippen LogP contribution in [0.4, 0.5) is 17.6 Å². The highest BCUT2D eigenvalue weighted by Gasteiger charge is 2.31. The summed E-state index contributed by atoms with van der Waals surface area (Å²) in [6.07, 6.45) is -2.52. The Morgan fingerprint density at radius 1 is 1.08 bits per heavy atom. The smallest absolute Gasteiger partial charge is 0.308 e. The summed E-state index contributed by atoms with van der Waals surface area (Å²) >= 11 is 0. The van der Waals surface area contributed by atoms with Crippen molar-refractivity contribution in [2.45, 2.75) is 31.6 Å². The maximum absolute atomic E-state index is 14.0. The van der Waals surface area contributed by atoms with Gasteiger partial charge in [0, 0.05) is 31.2 Å². The van der Waals surface area contributed by atoms with Gasteiger partial charge in [-0.2, -0.15) is 13.2 Å². The molecule has 1 fully saturated rings. The van der Waals surface area contributed by atoms with Crippen LogP contribution in [0, 0.1) is 5.82 Å². The fourth-order valence-corrected chi connectivity index (χ4v) is 3.15. The fourth-order valence-electron chi connectivity index (χ4n) is 3.15. The largest absolute Gasteiger partial charge is 0.416 e. The molecule has 1 aliphatic rings. The number of rotatable bonds is 6. The average molecular weight is 361 g/mol. The predicted octanol–water partition coefficient (Wildman–Crippen LogP) is 3.30. The molecule has 0 aromatic heterocycles. The first-order valence-electron chi connectivity index (χ1n) is 8.59. The zero-order valence-electron chi connectivity index (χ0n) is 15.1. The van der Waals surface area contributed by atoms with Gasteiger partial charge < -0.3 is 9.80 Å². The van der Waals surface area contributed by atoms with Gasteiger partial charge in [-0.1, -0.05) is 6.07 Å². The molecule has 1 saturated heterocycles. The molecule has 142 valence electrons. The summed E-state index contributed by atoms with van der Waals surface area (Å²) in [6.45, 7) is 4.03. The van der Waals surface area contributed by atoms with Crippen LogP contribution in [-0.4, -0.2) is 68.1 Å². The minimum Gasteiger partial charge on any atom is -0.308 e. The van der Waals surface area contributed by atoms with E-state index in [-0.39, 0.29) is 0 Å². The first kappa shape index (κ1) is 20.1. The molecular weight excluding hydrogens is 334 g/mol. The van der Waals surface area contributed by atoms with Crippen molar-refractivity contribution in [2.75, 3.05) is 47.3 Å². The summed E-state index contributed by atoms with van der Waals surface area (Å²) in [4.78, 5) is 6.62. The van der Waals surface area contributed by atoms with E-state index in [2.05, 4.69) is 35.8 Å². The standard InChI is InChI=1S/C18H27F4N3/c1-23(2)10-11-24(3)16-6-8-25(9-7-16)13-14-4-5-15(12-17(14)19)18(20,21)22/h4-5,12,16H,6-11,13H2,1-3H3. The number of likely N-dealkylation sites (N-methyl/N-ethyl adjacent to an activating group) is 2. The Kier molecular flexibility index (Phi) is 6.82. The zero-order valence-corrected chi connectivity index (χ0v) is 15.1. The van der Waals surface area contributed by atoms with Crippen LogP contribution in [0.5, 0.6) is 0 Å². The summed E-state index contributed by atoms with van der Waals surface area (Å²) in [6, 6.07) is 3.32. The van der Waals surface area contributed by atoms with Crippen LogP contribution < -0.4 is 0 Å². The Hall–Kier alpha value is -1.18. The maximum Gasteiger partial charge on any atom is 0.416 e. The molecule has 0 N–H and O–H groups in total. The van der Waals surface area contributed by atoms with E-state index in [1.165, 1.54) is 6.07 Å². The molecule has 0 saturated carbocycles. The highest BCUT2D eigenvalue weighted by atomic mass is 19.4. The van der Waals surface area contributed by atoms with Crippen molar-refractivity contribution >= 4 is 0 Å². The van der Waals surface area contributed by atoms with Gasteiger partial charge in [-0.25, -0.2) is 4.39 Å². The summed E-state index contributed by atoms with van der Waals surface area (Å²) in [5, 5.41) is 0. The minimum atomic E-state index is -4.51. The van der Waals surface area contributed by atoms with Crippen molar-refractivity contribution < 1.29 is 17.6 Å². The molecule has 1 heterocycles. The van der Waals surface area contributed by atoms with Gasteiger partial charge in [-0.15, -0.1) is 0 Å². The van der Waals surface area contributed by atoms with Gasteiger partial charge in [0.05, 0.1) is 5.56 Å². The molecule has 1 aliphatic heterocycles. The lowest BCUT2D eigenvalue weighted by molar-refractivity contribution is -0.137. The monoisotopic (exact) mass is 361 g/mol. The van der Waals surface area contributed by atoms with Crippen LogP contribution in [0.1, 0.15) is 24.0 Å². The molecule has 0 atom stereocenters. The highest BCUT2D eigenvalue weighted by molar-refractivity contribution is 5.26. The quantitative estimate of drug-likeness (QED) is 0.720. The Morgan fingerprint density at radius 3 is 2.24 bits per heavy atom. The average Bonchev–Trinajstić information content (AvgIpc) is 2.54. The molecule has 0 bridgehead atoms. The summed E-state index contributed by atoms with van der Waals surface area (Å²) < 4.78 is 51.8. The van der Waals surface area contributed by atoms with Crippen molar-refractivity contribution in [3.8, 4) is 0 Å². The zero-order chi connectivity index (χ0) is 18.6. The third-order valence-electron chi connectivity index (χ3n) is 4.85. The van der Waals surface area contributed by atoms with Crippen LogP contribution in [-0.2, 0) is 12.7 Å². The molecule has 0 aliphatic carbocycles. The highest BCUT2D eigenvalue weighted by Crippen LogP contribution is 2.30. The van der Waals surface area contributed by atoms with Gasteiger partial charge >= 0.3 is 6.18 Å². The maximum atomic E-state index is 14.0. The molecule has 0 radical (unpaired) electrons. The third-order valence-corrected chi connectivity index (χ3v) is 4.85. The van der Waals surface area contributed by atoms with Crippen molar-refractivity contribution in [1.29, 1.82) is 0 Å². The van der Waals surface area contributed by atoms with E-state index < -0.39 is 17.6 Å². The number of hydrogen-bond donors (Lipinski definition) is 0. The molecule has 2 rings (SSSR count). The molecular formula is C18H27F4N3. The van der Waals surface area contributed by atoms with Crippen LogP contribution in [0.2, 0.25) is 0 Å². The molecule has 0 spiro atoms. The van der Waals surface area contributed by atoms with Crippen molar-refractivity contribution in [3.63, 3.8) is 0 Å². The number of alkyl halides is 3. The van der Waals surface area contributed by atoms with Gasteiger partial charge in [0.15, 0.2) is 0 Å². The van der Waals surface area contributed by atoms with Crippen molar-refractivity contribution in [3.05, 3.63) is 35.1 Å². The van der Waals surface area contributed by atoms with E-state index in [1.54, 1.807) is 0 Å². The molecule has 0 unspecified atom stereocenters. The predicted molar refractivity (Wildman–Crippen MR) is 90.9 cm³/mol. The third kappa shape index (κ3) is 5.94. The molecule has 0 amide bonds. The summed E-state index contributed by atoms with van der Waals surface area (Å²) in [5.74, 6) is -0.778. The Labute approximate surface area is 147 Å². The molecule has 25 heavy (non-hydrogen) atoms. The lowest BCUT2D eigenvalue weighted by atomic mass is 10.0. The Balaban J connectivity index is 1.86. The van der Waals surface area contributed by atoms with E-state index in [1.807, 2.05) is 0 Å². The van der Waals surface area contributed by atoms with E-state index in [4.69, 9.17) is 0 Å². The van der Waals surface area contributed by atoms with Crippen LogP contribution in [0.25, 0.3) is 0 Å². The molecule has 1 aromatic rings. The van der Waals surface area contributed by atoms with Crippen LogP contribution in [0.3, 0.4) is 0 Å². The molecule has 1 aromatic carbocycles. The second-order valence-electron chi connectivity index (χ2n) is 7.10. The van der Waals surface area contributed by atoms with Gasteiger partial charge in [0.2, 0.25) is 0 Å². The summed E-state index contributed by atoms with van der Waals surface area (Å²) in [7, 11) is 6.23. The van der Waals surface area contributed by atoms with Gasteiger partial charge in [-0.05, 0) is 59.2 Å². The summed E-state index contributed by atoms with van der Waals surface area (Å²) in [5.41, 5.74) is -0.609. The van der Waals surface area contributed by atoms with E-state index in [0.29, 0.717) is 24.2 Å². The first-order chi connectivity index (χ1) is 11.7. The number of hydrogen-bond acceptors (Lipinski definition) is 3. The Morgan fingerprint density at radius 2 is 1.72 bits per heavy atom. The second kappa shape index (κ2) is 8.47. The normalized spacial score (nSPS) is 17.6. The minimum absolute atomic E-state index is 0.326. The lowest BCUT2D eigenvalue weighted by Gasteiger charge is -2.37. The molecule has 3 nitrogen and oxygen atoms in total. The SMILES string of the molecule is CN(C)CCN(C)C1CCN(Cc2ccc(C(F)(F)F)cc2F)CC1. The van der Waals surface area contributed by atoms with Crippen LogP contribution in [0.15, 0.2) is 18.2 Å². The van der Waals surface area contributed by atoms with Gasteiger partial charge in [-0.3, -0.25) is 4.90 Å². The lowest BCUT2D eigenvalue weighted by Crippen LogP contribution is -2.44. The van der Waals surface area contributed by atoms with Crippen molar-refractivity contribution in [1.82, 2.24) is 14.7 Å². The number of nitrogens with zero attached hydrogens (tertiary/aromatic N) is 3.